The standard InChI is InChI=1S/C20H25NO3.Na.H/c1-3-17(21-24-4-2)20-18(22)11-16(12-19(20)23)15-9-8-13-6-5-7-14(13)10-15;;/h8-10,16,22H,3-7,11-12H2,1-2H3;;/b21-17-;;. The topological polar surface area (TPSA) is 58.9 Å². The summed E-state index contributed by atoms with van der Waals surface area (Å²) in [5.74, 6) is 0.166. The Morgan fingerprint density at radius 1 is 1.24 bits per heavy atom. The molecule has 0 radical (unpaired) electrons. The third-order valence-electron chi connectivity index (χ3n) is 4.96. The minimum atomic E-state index is -0.0375. The summed E-state index contributed by atoms with van der Waals surface area (Å²) in [6.45, 7) is 4.21. The maximum atomic E-state index is 12.6. The van der Waals surface area contributed by atoms with Crippen LogP contribution in [0.2, 0.25) is 0 Å². The van der Waals surface area contributed by atoms with Crippen LogP contribution < -0.4 is 0 Å². The van der Waals surface area contributed by atoms with Crippen LogP contribution in [0.15, 0.2) is 34.7 Å². The van der Waals surface area contributed by atoms with E-state index < -0.39 is 0 Å². The second-order valence-electron chi connectivity index (χ2n) is 6.54. The van der Waals surface area contributed by atoms with Gasteiger partial charge in [0.15, 0.2) is 5.78 Å². The van der Waals surface area contributed by atoms with Gasteiger partial charge in [-0.1, -0.05) is 30.3 Å². The predicted octanol–water partition coefficient (Wildman–Crippen LogP) is 3.59. The van der Waals surface area contributed by atoms with E-state index in [1.54, 1.807) is 0 Å². The molecular formula is C20H26NNaO3. The summed E-state index contributed by atoms with van der Waals surface area (Å²) in [5, 5.41) is 14.5. The Morgan fingerprint density at radius 2 is 2.00 bits per heavy atom. The van der Waals surface area contributed by atoms with Gasteiger partial charge in [0.05, 0.1) is 11.3 Å². The predicted molar refractivity (Wildman–Crippen MR) is 102 cm³/mol. The summed E-state index contributed by atoms with van der Waals surface area (Å²) >= 11 is 0. The number of aliphatic hydroxyl groups excluding tert-OH is 1. The number of fused-ring (bicyclic) bond motifs is 1. The van der Waals surface area contributed by atoms with E-state index in [9.17, 15) is 9.90 Å². The Labute approximate surface area is 171 Å². The first kappa shape index (κ1) is 20.2. The second-order valence-corrected chi connectivity index (χ2v) is 6.54. The number of hydrogen-bond donors (Lipinski definition) is 1. The average Bonchev–Trinajstić information content (AvgIpc) is 3.04. The summed E-state index contributed by atoms with van der Waals surface area (Å²) in [6.07, 6.45) is 4.97. The van der Waals surface area contributed by atoms with Gasteiger partial charge in [-0.2, -0.15) is 0 Å². The van der Waals surface area contributed by atoms with Gasteiger partial charge in [0.25, 0.3) is 0 Å². The zero-order chi connectivity index (χ0) is 17.1. The van der Waals surface area contributed by atoms with E-state index in [1.807, 2.05) is 13.8 Å². The molecule has 1 unspecified atom stereocenters. The normalized spacial score (nSPS) is 20.3. The van der Waals surface area contributed by atoms with Crippen LogP contribution >= 0.6 is 0 Å². The number of carbonyl (C=O) groups excluding carboxylic acids is 1. The van der Waals surface area contributed by atoms with Gasteiger partial charge in [-0.3, -0.25) is 4.79 Å². The molecule has 0 saturated carbocycles. The van der Waals surface area contributed by atoms with Crippen molar-refractivity contribution in [2.24, 2.45) is 5.16 Å². The van der Waals surface area contributed by atoms with Gasteiger partial charge in [-0.05, 0) is 55.2 Å². The second kappa shape index (κ2) is 9.02. The Morgan fingerprint density at radius 3 is 2.68 bits per heavy atom. The van der Waals surface area contributed by atoms with Crippen LogP contribution in [0.4, 0.5) is 0 Å². The molecule has 1 N–H and O–H groups in total. The molecule has 130 valence electrons. The fourth-order valence-corrected chi connectivity index (χ4v) is 3.73. The van der Waals surface area contributed by atoms with E-state index >= 15 is 0 Å². The Balaban J connectivity index is 0.00000225. The van der Waals surface area contributed by atoms with E-state index in [0.29, 0.717) is 37.2 Å². The number of nitrogens with zero attached hydrogens (tertiary/aromatic N) is 1. The van der Waals surface area contributed by atoms with Crippen LogP contribution in [0.25, 0.3) is 0 Å². The number of rotatable bonds is 5. The van der Waals surface area contributed by atoms with Gasteiger partial charge in [-0.15, -0.1) is 0 Å². The van der Waals surface area contributed by atoms with Crippen molar-refractivity contribution in [3.05, 3.63) is 46.2 Å². The number of allylic oxidation sites excluding steroid dienone is 2. The van der Waals surface area contributed by atoms with Crippen molar-refractivity contribution in [2.45, 2.75) is 58.3 Å². The van der Waals surface area contributed by atoms with Gasteiger partial charge < -0.3 is 9.94 Å². The molecule has 1 atom stereocenters. The molecule has 2 aliphatic carbocycles. The molecule has 0 spiro atoms. The zero-order valence-corrected chi connectivity index (χ0v) is 14.5. The third-order valence-corrected chi connectivity index (χ3v) is 4.96. The van der Waals surface area contributed by atoms with Crippen LogP contribution in [0, 0.1) is 0 Å². The van der Waals surface area contributed by atoms with Crippen molar-refractivity contribution >= 4 is 41.1 Å². The first-order chi connectivity index (χ1) is 11.6. The number of Topliss-reactive ketones (excluding diaryl/α,β-unsaturated/α-hetero) is 1. The Kier molecular flexibility index (Phi) is 7.29. The van der Waals surface area contributed by atoms with Crippen LogP contribution in [0.3, 0.4) is 0 Å². The number of aryl methyl sites for hydroxylation is 2. The quantitative estimate of drug-likeness (QED) is 0.501. The fraction of sp³-hybridized carbons (Fsp3) is 0.500. The monoisotopic (exact) mass is 351 g/mol. The summed E-state index contributed by atoms with van der Waals surface area (Å²) in [5.41, 5.74) is 4.91. The molecule has 3 rings (SSSR count). The van der Waals surface area contributed by atoms with Gasteiger partial charge >= 0.3 is 29.6 Å². The van der Waals surface area contributed by atoms with E-state index in [0.717, 1.165) is 18.4 Å². The SMILES string of the molecule is CCO/N=C(/CC)C1=C(O)CC(c2ccc3c(c2)CCC3)CC1=O.[NaH]. The summed E-state index contributed by atoms with van der Waals surface area (Å²) in [4.78, 5) is 17.7. The van der Waals surface area contributed by atoms with Crippen LogP contribution in [0.1, 0.15) is 62.1 Å². The van der Waals surface area contributed by atoms with Crippen LogP contribution in [0.5, 0.6) is 0 Å². The molecule has 4 nitrogen and oxygen atoms in total. The maximum absolute atomic E-state index is 12.6. The molecule has 2 aliphatic rings. The number of aliphatic hydroxyl groups is 1. The first-order valence-corrected chi connectivity index (χ1v) is 8.90. The first-order valence-electron chi connectivity index (χ1n) is 8.90. The molecule has 0 bridgehead atoms. The van der Waals surface area contributed by atoms with Crippen molar-refractivity contribution < 1.29 is 14.7 Å². The van der Waals surface area contributed by atoms with Crippen LogP contribution in [-0.2, 0) is 22.5 Å². The van der Waals surface area contributed by atoms with Gasteiger partial charge in [0.2, 0.25) is 0 Å². The molecule has 1 aromatic carbocycles. The molecule has 0 amide bonds. The van der Waals surface area contributed by atoms with Gasteiger partial charge in [-0.25, -0.2) is 0 Å². The molecule has 0 fully saturated rings. The molecule has 25 heavy (non-hydrogen) atoms. The molecule has 0 aromatic heterocycles. The van der Waals surface area contributed by atoms with Gasteiger partial charge in [0.1, 0.15) is 12.4 Å². The minimum absolute atomic E-state index is 0. The number of benzene rings is 1. The Bertz CT molecular complexity index is 709. The summed E-state index contributed by atoms with van der Waals surface area (Å²) < 4.78 is 0. The van der Waals surface area contributed by atoms with Crippen molar-refractivity contribution in [1.82, 2.24) is 0 Å². The van der Waals surface area contributed by atoms with E-state index in [2.05, 4.69) is 23.4 Å². The van der Waals surface area contributed by atoms with Crippen LogP contribution in [-0.4, -0.2) is 52.8 Å². The third kappa shape index (κ3) is 4.36. The molecular weight excluding hydrogens is 325 g/mol. The molecule has 5 heteroatoms. The van der Waals surface area contributed by atoms with E-state index in [1.165, 1.54) is 17.5 Å². The molecule has 0 aliphatic heterocycles. The van der Waals surface area contributed by atoms with Gasteiger partial charge in [0, 0.05) is 12.8 Å². The Hall–Kier alpha value is -1.10. The average molecular weight is 351 g/mol. The van der Waals surface area contributed by atoms with E-state index in [-0.39, 0.29) is 47.0 Å². The number of hydrogen-bond acceptors (Lipinski definition) is 4. The summed E-state index contributed by atoms with van der Waals surface area (Å²) in [6, 6.07) is 6.54. The number of carbonyl (C=O) groups is 1. The molecule has 0 heterocycles. The van der Waals surface area contributed by atoms with E-state index in [4.69, 9.17) is 4.84 Å². The van der Waals surface area contributed by atoms with Crippen molar-refractivity contribution in [2.75, 3.05) is 6.61 Å². The van der Waals surface area contributed by atoms with Crippen molar-refractivity contribution in [3.8, 4) is 0 Å². The zero-order valence-electron chi connectivity index (χ0n) is 14.5. The fourth-order valence-electron chi connectivity index (χ4n) is 3.73. The van der Waals surface area contributed by atoms with Crippen molar-refractivity contribution in [3.63, 3.8) is 0 Å². The molecule has 0 saturated heterocycles. The molecule has 1 aromatic rings. The number of oxime groups is 1. The number of ketones is 1. The van der Waals surface area contributed by atoms with Crippen molar-refractivity contribution in [1.29, 1.82) is 0 Å². The summed E-state index contributed by atoms with van der Waals surface area (Å²) in [7, 11) is 0.